The highest BCUT2D eigenvalue weighted by atomic mass is 16.6. The van der Waals surface area contributed by atoms with Gasteiger partial charge in [0.25, 0.3) is 0 Å². The first-order valence-corrected chi connectivity index (χ1v) is 9.78. The van der Waals surface area contributed by atoms with Crippen LogP contribution in [0.1, 0.15) is 32.8 Å². The lowest BCUT2D eigenvalue weighted by Gasteiger charge is -2.28. The Morgan fingerprint density at radius 2 is 1.93 bits per heavy atom. The van der Waals surface area contributed by atoms with Crippen molar-refractivity contribution in [1.29, 1.82) is 0 Å². The predicted octanol–water partition coefficient (Wildman–Crippen LogP) is 4.09. The van der Waals surface area contributed by atoms with Crippen molar-refractivity contribution in [3.8, 4) is 11.1 Å². The van der Waals surface area contributed by atoms with Gasteiger partial charge in [-0.05, 0) is 56.4 Å². The van der Waals surface area contributed by atoms with Crippen molar-refractivity contribution in [1.82, 2.24) is 9.88 Å². The van der Waals surface area contributed by atoms with Crippen LogP contribution in [0.4, 0.5) is 4.79 Å². The van der Waals surface area contributed by atoms with Crippen molar-refractivity contribution < 1.29 is 19.1 Å². The van der Waals surface area contributed by atoms with E-state index in [1.54, 1.807) is 11.1 Å². The Labute approximate surface area is 171 Å². The van der Waals surface area contributed by atoms with Crippen molar-refractivity contribution in [3.05, 3.63) is 54.4 Å². The molecule has 1 aliphatic heterocycles. The van der Waals surface area contributed by atoms with Crippen molar-refractivity contribution in [2.75, 3.05) is 20.2 Å². The normalized spacial score (nSPS) is 19.1. The number of esters is 1. The minimum atomic E-state index is -0.779. The van der Waals surface area contributed by atoms with Gasteiger partial charge in [-0.15, -0.1) is 0 Å². The molecule has 0 N–H and O–H groups in total. The maximum absolute atomic E-state index is 12.7. The second-order valence-corrected chi connectivity index (χ2v) is 8.54. The smallest absolute Gasteiger partial charge is 0.410 e. The third kappa shape index (κ3) is 4.94. The summed E-state index contributed by atoms with van der Waals surface area (Å²) >= 11 is 0. The van der Waals surface area contributed by atoms with Crippen LogP contribution in [0.15, 0.2) is 48.8 Å². The standard InChI is InChI=1S/C23H28N2O4/c1-22(2,3)29-21(27)25-12-10-23(16-25,20(26)28-4)14-17-7-5-8-18(13-17)19-9-6-11-24-15-19/h5-9,11,13,15H,10,12,14,16H2,1-4H3. The fraction of sp³-hybridized carbons (Fsp3) is 0.435. The highest BCUT2D eigenvalue weighted by Crippen LogP contribution is 2.37. The fourth-order valence-electron chi connectivity index (χ4n) is 3.74. The Morgan fingerprint density at radius 3 is 2.59 bits per heavy atom. The summed E-state index contributed by atoms with van der Waals surface area (Å²) in [5, 5.41) is 0. The average molecular weight is 396 g/mol. The zero-order chi connectivity index (χ0) is 21.1. The number of hydrogen-bond donors (Lipinski definition) is 0. The Kier molecular flexibility index (Phi) is 5.91. The van der Waals surface area contributed by atoms with Crippen LogP contribution in [0.2, 0.25) is 0 Å². The lowest BCUT2D eigenvalue weighted by molar-refractivity contribution is -0.152. The first-order chi connectivity index (χ1) is 13.7. The molecule has 6 heteroatoms. The van der Waals surface area contributed by atoms with E-state index < -0.39 is 17.1 Å². The monoisotopic (exact) mass is 396 g/mol. The van der Waals surface area contributed by atoms with Crippen LogP contribution >= 0.6 is 0 Å². The number of ether oxygens (including phenoxy) is 2. The second kappa shape index (κ2) is 8.23. The molecule has 2 aromatic rings. The Balaban J connectivity index is 1.82. The maximum Gasteiger partial charge on any atom is 0.410 e. The summed E-state index contributed by atoms with van der Waals surface area (Å²) in [6.45, 7) is 6.24. The lowest BCUT2D eigenvalue weighted by Crippen LogP contribution is -2.41. The number of carbonyl (C=O) groups is 2. The molecule has 0 spiro atoms. The fourth-order valence-corrected chi connectivity index (χ4v) is 3.74. The summed E-state index contributed by atoms with van der Waals surface area (Å²) in [6, 6.07) is 12.0. The minimum absolute atomic E-state index is 0.283. The third-order valence-electron chi connectivity index (χ3n) is 5.09. The van der Waals surface area contributed by atoms with E-state index in [0.29, 0.717) is 19.4 Å². The molecule has 0 saturated carbocycles. The van der Waals surface area contributed by atoms with Crippen molar-refractivity contribution in [2.24, 2.45) is 5.41 Å². The third-order valence-corrected chi connectivity index (χ3v) is 5.09. The van der Waals surface area contributed by atoms with E-state index in [1.165, 1.54) is 7.11 Å². The number of aromatic nitrogens is 1. The van der Waals surface area contributed by atoms with Gasteiger partial charge in [-0.1, -0.05) is 30.3 Å². The van der Waals surface area contributed by atoms with Gasteiger partial charge in [-0.25, -0.2) is 4.79 Å². The lowest BCUT2D eigenvalue weighted by atomic mass is 9.80. The first kappa shape index (κ1) is 20.8. The summed E-state index contributed by atoms with van der Waals surface area (Å²) in [4.78, 5) is 31.0. The van der Waals surface area contributed by atoms with Crippen molar-refractivity contribution >= 4 is 12.1 Å². The highest BCUT2D eigenvalue weighted by molar-refractivity contribution is 5.80. The molecule has 1 fully saturated rings. The Hall–Kier alpha value is -2.89. The molecule has 1 aliphatic rings. The van der Waals surface area contributed by atoms with Crippen LogP contribution in [0, 0.1) is 5.41 Å². The van der Waals surface area contributed by atoms with E-state index >= 15 is 0 Å². The van der Waals surface area contributed by atoms with Gasteiger partial charge < -0.3 is 14.4 Å². The quantitative estimate of drug-likeness (QED) is 0.728. The zero-order valence-corrected chi connectivity index (χ0v) is 17.5. The first-order valence-electron chi connectivity index (χ1n) is 9.78. The summed E-state index contributed by atoms with van der Waals surface area (Å²) < 4.78 is 10.6. The molecule has 0 bridgehead atoms. The van der Waals surface area contributed by atoms with Crippen LogP contribution in [0.5, 0.6) is 0 Å². The Bertz CT molecular complexity index is 876. The van der Waals surface area contributed by atoms with Crippen LogP contribution in [0.3, 0.4) is 0 Å². The average Bonchev–Trinajstić information content (AvgIpc) is 3.12. The van der Waals surface area contributed by atoms with E-state index in [9.17, 15) is 9.59 Å². The van der Waals surface area contributed by atoms with Gasteiger partial charge in [0, 0.05) is 25.5 Å². The molecule has 6 nitrogen and oxygen atoms in total. The highest BCUT2D eigenvalue weighted by Gasteiger charge is 2.47. The molecule has 1 aromatic heterocycles. The van der Waals surface area contributed by atoms with Crippen LogP contribution < -0.4 is 0 Å². The summed E-state index contributed by atoms with van der Waals surface area (Å²) in [5.74, 6) is -0.296. The second-order valence-electron chi connectivity index (χ2n) is 8.54. The summed E-state index contributed by atoms with van der Waals surface area (Å²) in [7, 11) is 1.40. The molecule has 0 aliphatic carbocycles. The van der Waals surface area contributed by atoms with Gasteiger partial charge in [0.2, 0.25) is 0 Å². The Morgan fingerprint density at radius 1 is 1.17 bits per heavy atom. The summed E-state index contributed by atoms with van der Waals surface area (Å²) in [5.41, 5.74) is 1.72. The molecule has 1 aromatic carbocycles. The molecule has 154 valence electrons. The van der Waals surface area contributed by atoms with E-state index in [4.69, 9.17) is 9.47 Å². The zero-order valence-electron chi connectivity index (χ0n) is 17.5. The number of benzene rings is 1. The molecular formula is C23H28N2O4. The number of rotatable bonds is 4. The number of likely N-dealkylation sites (tertiary alicyclic amines) is 1. The predicted molar refractivity (Wildman–Crippen MR) is 110 cm³/mol. The van der Waals surface area contributed by atoms with Gasteiger partial charge in [0.15, 0.2) is 0 Å². The molecular weight excluding hydrogens is 368 g/mol. The minimum Gasteiger partial charge on any atom is -0.469 e. The van der Waals surface area contributed by atoms with E-state index in [1.807, 2.05) is 57.3 Å². The molecule has 1 unspecified atom stereocenters. The van der Waals surface area contributed by atoms with E-state index in [2.05, 4.69) is 11.1 Å². The number of carbonyl (C=O) groups excluding carboxylic acids is 2. The molecule has 3 rings (SSSR count). The number of hydrogen-bond acceptors (Lipinski definition) is 5. The molecule has 2 heterocycles. The number of methoxy groups -OCH3 is 1. The largest absolute Gasteiger partial charge is 0.469 e. The van der Waals surface area contributed by atoms with Gasteiger partial charge in [0.1, 0.15) is 5.60 Å². The number of amides is 1. The topological polar surface area (TPSA) is 68.7 Å². The molecule has 1 atom stereocenters. The SMILES string of the molecule is COC(=O)C1(Cc2cccc(-c3cccnc3)c2)CCN(C(=O)OC(C)(C)C)C1. The van der Waals surface area contributed by atoms with Crippen molar-refractivity contribution in [2.45, 2.75) is 39.2 Å². The van der Waals surface area contributed by atoms with Crippen LogP contribution in [-0.4, -0.2) is 47.7 Å². The van der Waals surface area contributed by atoms with Crippen LogP contribution in [0.25, 0.3) is 11.1 Å². The van der Waals surface area contributed by atoms with Crippen molar-refractivity contribution in [3.63, 3.8) is 0 Å². The van der Waals surface area contributed by atoms with Gasteiger partial charge in [-0.2, -0.15) is 0 Å². The van der Waals surface area contributed by atoms with E-state index in [0.717, 1.165) is 16.7 Å². The molecule has 1 saturated heterocycles. The molecule has 1 amide bonds. The molecule has 29 heavy (non-hydrogen) atoms. The molecule has 0 radical (unpaired) electrons. The maximum atomic E-state index is 12.7. The van der Waals surface area contributed by atoms with Gasteiger partial charge in [0.05, 0.1) is 12.5 Å². The summed E-state index contributed by atoms with van der Waals surface area (Å²) in [6.07, 6.45) is 4.19. The number of nitrogens with zero attached hydrogens (tertiary/aromatic N) is 2. The van der Waals surface area contributed by atoms with Gasteiger partial charge in [-0.3, -0.25) is 9.78 Å². The van der Waals surface area contributed by atoms with E-state index in [-0.39, 0.29) is 12.5 Å². The van der Waals surface area contributed by atoms with Crippen LogP contribution in [-0.2, 0) is 20.7 Å². The van der Waals surface area contributed by atoms with Gasteiger partial charge >= 0.3 is 12.1 Å². The number of pyridine rings is 1.